The molecule has 0 fully saturated rings. The topological polar surface area (TPSA) is 58.6 Å². The molecule has 0 saturated heterocycles. The van der Waals surface area contributed by atoms with Crippen LogP contribution in [0.4, 0.5) is 10.1 Å². The summed E-state index contributed by atoms with van der Waals surface area (Å²) in [7, 11) is 1.49. The first-order chi connectivity index (χ1) is 12.5. The van der Waals surface area contributed by atoms with Crippen LogP contribution in [-0.2, 0) is 9.59 Å². The molecule has 1 aliphatic heterocycles. The van der Waals surface area contributed by atoms with E-state index in [9.17, 15) is 14.0 Å². The maximum Gasteiger partial charge on any atom is 0.278 e. The van der Waals surface area contributed by atoms with Crippen LogP contribution in [0.15, 0.2) is 48.2 Å². The molecule has 1 N–H and O–H groups in total. The number of rotatable bonds is 5. The molecule has 0 atom stereocenters. The largest absolute Gasteiger partial charge is 0.495 e. The first kappa shape index (κ1) is 17.9. The molecule has 134 valence electrons. The second kappa shape index (κ2) is 7.17. The van der Waals surface area contributed by atoms with Crippen LogP contribution < -0.4 is 10.1 Å². The van der Waals surface area contributed by atoms with Crippen molar-refractivity contribution in [3.05, 3.63) is 64.6 Å². The summed E-state index contributed by atoms with van der Waals surface area (Å²) in [5.74, 6) is -0.855. The third-order valence-electron chi connectivity index (χ3n) is 4.04. The molecule has 2 amide bonds. The summed E-state index contributed by atoms with van der Waals surface area (Å²) in [6.45, 7) is 1.93. The van der Waals surface area contributed by atoms with Gasteiger partial charge in [-0.1, -0.05) is 23.7 Å². The highest BCUT2D eigenvalue weighted by atomic mass is 35.5. The number of carbonyl (C=O) groups is 2. The first-order valence-electron chi connectivity index (χ1n) is 7.93. The molecule has 0 unspecified atom stereocenters. The Labute approximate surface area is 155 Å². The third kappa shape index (κ3) is 3.15. The predicted octanol–water partition coefficient (Wildman–Crippen LogP) is 3.70. The molecular weight excluding hydrogens is 359 g/mol. The van der Waals surface area contributed by atoms with E-state index in [2.05, 4.69) is 5.32 Å². The van der Waals surface area contributed by atoms with Gasteiger partial charge in [0.2, 0.25) is 0 Å². The van der Waals surface area contributed by atoms with Crippen LogP contribution in [0.25, 0.3) is 5.57 Å². The summed E-state index contributed by atoms with van der Waals surface area (Å²) in [5.41, 5.74) is 1.18. The van der Waals surface area contributed by atoms with E-state index in [0.717, 1.165) is 4.90 Å². The highest BCUT2D eigenvalue weighted by molar-refractivity contribution is 6.36. The lowest BCUT2D eigenvalue weighted by molar-refractivity contribution is -0.136. The molecule has 1 heterocycles. The molecule has 2 aromatic rings. The number of nitrogens with one attached hydrogen (secondary N) is 1. The lowest BCUT2D eigenvalue weighted by atomic mass is 10.0. The summed E-state index contributed by atoms with van der Waals surface area (Å²) >= 11 is 6.04. The van der Waals surface area contributed by atoms with Crippen molar-refractivity contribution in [2.24, 2.45) is 0 Å². The molecule has 26 heavy (non-hydrogen) atoms. The van der Waals surface area contributed by atoms with Crippen molar-refractivity contribution < 1.29 is 18.7 Å². The summed E-state index contributed by atoms with van der Waals surface area (Å²) in [4.78, 5) is 26.6. The van der Waals surface area contributed by atoms with Gasteiger partial charge in [0.05, 0.1) is 18.4 Å². The Bertz CT molecular complexity index is 910. The normalized spacial score (nSPS) is 14.2. The lowest BCUT2D eigenvalue weighted by Gasteiger charge is -2.14. The number of carbonyl (C=O) groups excluding carboxylic acids is 2. The van der Waals surface area contributed by atoms with Crippen LogP contribution in [0.2, 0.25) is 5.02 Å². The van der Waals surface area contributed by atoms with E-state index in [-0.39, 0.29) is 17.8 Å². The molecule has 0 radical (unpaired) electrons. The zero-order valence-electron chi connectivity index (χ0n) is 14.2. The predicted molar refractivity (Wildman–Crippen MR) is 97.3 cm³/mol. The zero-order chi connectivity index (χ0) is 18.8. The van der Waals surface area contributed by atoms with Gasteiger partial charge in [-0.15, -0.1) is 0 Å². The van der Waals surface area contributed by atoms with Gasteiger partial charge >= 0.3 is 0 Å². The van der Waals surface area contributed by atoms with Crippen LogP contribution >= 0.6 is 11.6 Å². The van der Waals surface area contributed by atoms with Gasteiger partial charge in [-0.05, 0) is 42.8 Å². The number of hydrogen-bond acceptors (Lipinski definition) is 4. The maximum absolute atomic E-state index is 13.3. The highest BCUT2D eigenvalue weighted by Gasteiger charge is 2.38. The van der Waals surface area contributed by atoms with E-state index in [4.69, 9.17) is 16.3 Å². The molecule has 1 aliphatic rings. The number of halogens is 2. The number of hydrogen-bond donors (Lipinski definition) is 1. The van der Waals surface area contributed by atoms with E-state index in [1.54, 1.807) is 25.1 Å². The molecule has 0 saturated carbocycles. The van der Waals surface area contributed by atoms with Crippen molar-refractivity contribution in [3.8, 4) is 5.75 Å². The lowest BCUT2D eigenvalue weighted by Crippen LogP contribution is -2.32. The molecule has 0 aromatic heterocycles. The first-order valence-corrected chi connectivity index (χ1v) is 8.31. The number of nitrogens with zero attached hydrogens (tertiary/aromatic N) is 1. The minimum absolute atomic E-state index is 0.101. The molecule has 7 heteroatoms. The Morgan fingerprint density at radius 1 is 1.12 bits per heavy atom. The molecule has 0 aliphatic carbocycles. The number of benzene rings is 2. The van der Waals surface area contributed by atoms with Crippen LogP contribution in [-0.4, -0.2) is 30.4 Å². The fourth-order valence-electron chi connectivity index (χ4n) is 2.78. The molecular formula is C19H16ClFN2O3. The fourth-order valence-corrected chi connectivity index (χ4v) is 2.95. The number of likely N-dealkylation sites (N-methyl/N-ethyl adjacent to an activating group) is 1. The Hall–Kier alpha value is -2.86. The number of amides is 2. The van der Waals surface area contributed by atoms with Crippen LogP contribution in [0.3, 0.4) is 0 Å². The van der Waals surface area contributed by atoms with Gasteiger partial charge < -0.3 is 10.1 Å². The second-order valence-electron chi connectivity index (χ2n) is 5.58. The molecule has 2 aromatic carbocycles. The number of ether oxygens (including phenoxy) is 1. The Morgan fingerprint density at radius 2 is 1.81 bits per heavy atom. The summed E-state index contributed by atoms with van der Waals surface area (Å²) in [5, 5.41) is 3.42. The summed E-state index contributed by atoms with van der Waals surface area (Å²) < 4.78 is 18.5. The molecule has 0 spiro atoms. The van der Waals surface area contributed by atoms with Crippen molar-refractivity contribution in [1.82, 2.24) is 4.90 Å². The Balaban J connectivity index is 2.13. The molecule has 3 rings (SSSR count). The number of methoxy groups -OCH3 is 1. The molecule has 0 bridgehead atoms. The Kier molecular flexibility index (Phi) is 4.95. The highest BCUT2D eigenvalue weighted by Crippen LogP contribution is 2.34. The van der Waals surface area contributed by atoms with Crippen molar-refractivity contribution in [3.63, 3.8) is 0 Å². The zero-order valence-corrected chi connectivity index (χ0v) is 14.9. The quantitative estimate of drug-likeness (QED) is 0.811. The van der Waals surface area contributed by atoms with Crippen molar-refractivity contribution in [1.29, 1.82) is 0 Å². The van der Waals surface area contributed by atoms with E-state index in [1.807, 2.05) is 0 Å². The number of imide groups is 1. The third-order valence-corrected chi connectivity index (χ3v) is 4.27. The van der Waals surface area contributed by atoms with E-state index in [0.29, 0.717) is 22.0 Å². The van der Waals surface area contributed by atoms with Crippen molar-refractivity contribution in [2.45, 2.75) is 6.92 Å². The smallest absolute Gasteiger partial charge is 0.278 e. The van der Waals surface area contributed by atoms with Gasteiger partial charge in [-0.3, -0.25) is 14.5 Å². The summed E-state index contributed by atoms with van der Waals surface area (Å²) in [6, 6.07) is 10.3. The van der Waals surface area contributed by atoms with Gasteiger partial charge in [0, 0.05) is 11.6 Å². The monoisotopic (exact) mass is 374 g/mol. The minimum atomic E-state index is -0.459. The van der Waals surface area contributed by atoms with Crippen LogP contribution in [0.1, 0.15) is 12.5 Å². The van der Waals surface area contributed by atoms with Gasteiger partial charge in [0.1, 0.15) is 17.3 Å². The SMILES string of the molecule is CCN1C(=O)C(Nc2cc(Cl)ccc2OC)=C(c2ccc(F)cc2)C1=O. The van der Waals surface area contributed by atoms with Crippen LogP contribution in [0, 0.1) is 5.82 Å². The molecule has 5 nitrogen and oxygen atoms in total. The second-order valence-corrected chi connectivity index (χ2v) is 6.02. The van der Waals surface area contributed by atoms with Crippen LogP contribution in [0.5, 0.6) is 5.75 Å². The standard InChI is InChI=1S/C19H16ClFN2O3/c1-3-23-18(24)16(11-4-7-13(21)8-5-11)17(19(23)25)22-14-10-12(20)6-9-15(14)26-2/h4-10,22H,3H2,1-2H3. The fraction of sp³-hybridized carbons (Fsp3) is 0.158. The average Bonchev–Trinajstić information content (AvgIpc) is 2.86. The van der Waals surface area contributed by atoms with Gasteiger partial charge in [0.25, 0.3) is 11.8 Å². The Morgan fingerprint density at radius 3 is 2.42 bits per heavy atom. The van der Waals surface area contributed by atoms with Gasteiger partial charge in [0.15, 0.2) is 0 Å². The van der Waals surface area contributed by atoms with E-state index >= 15 is 0 Å². The van der Waals surface area contributed by atoms with E-state index < -0.39 is 17.6 Å². The minimum Gasteiger partial charge on any atom is -0.495 e. The van der Waals surface area contributed by atoms with E-state index in [1.165, 1.54) is 31.4 Å². The summed E-state index contributed by atoms with van der Waals surface area (Å²) in [6.07, 6.45) is 0. The average molecular weight is 375 g/mol. The maximum atomic E-state index is 13.3. The van der Waals surface area contributed by atoms with Gasteiger partial charge in [-0.25, -0.2) is 4.39 Å². The van der Waals surface area contributed by atoms with Gasteiger partial charge in [-0.2, -0.15) is 0 Å². The van der Waals surface area contributed by atoms with Crippen molar-refractivity contribution >= 4 is 34.7 Å². The number of anilines is 1. The van der Waals surface area contributed by atoms with Crippen molar-refractivity contribution in [2.75, 3.05) is 19.0 Å².